The molecule has 0 aromatic carbocycles. The van der Waals surface area contributed by atoms with Crippen LogP contribution in [0.3, 0.4) is 0 Å². The zero-order valence-corrected chi connectivity index (χ0v) is 7.97. The minimum atomic E-state index is -0.182. The van der Waals surface area contributed by atoms with Crippen LogP contribution in [-0.4, -0.2) is 12.1 Å². The van der Waals surface area contributed by atoms with Gasteiger partial charge >= 0.3 is 0 Å². The summed E-state index contributed by atoms with van der Waals surface area (Å²) in [7, 11) is 0. The lowest BCUT2D eigenvalue weighted by Gasteiger charge is -1.96. The van der Waals surface area contributed by atoms with Crippen LogP contribution in [0.2, 0.25) is 0 Å². The predicted molar refractivity (Wildman–Crippen MR) is 48.1 cm³/mol. The molecule has 0 aliphatic rings. The number of amides is 1. The minimum Gasteiger partial charge on any atom is -0.274 e. The van der Waals surface area contributed by atoms with Crippen molar-refractivity contribution < 1.29 is 4.79 Å². The van der Waals surface area contributed by atoms with Crippen LogP contribution in [0.15, 0.2) is 15.7 Å². The molecule has 1 amide bonds. The Kier molecular flexibility index (Phi) is 5.46. The summed E-state index contributed by atoms with van der Waals surface area (Å²) in [6, 6.07) is 0. The van der Waals surface area contributed by atoms with Crippen molar-refractivity contribution in [2.45, 2.75) is 13.8 Å². The standard InChI is InChI=1S/C6H10BrN3O/c1-3-6(7)4-8-10-9-5(2)11/h3-4,10H,1-2H3,(H,9,11)/b6-3+,8-4-. The molecule has 0 bridgehead atoms. The van der Waals surface area contributed by atoms with Crippen molar-refractivity contribution >= 4 is 28.1 Å². The summed E-state index contributed by atoms with van der Waals surface area (Å²) in [6.45, 7) is 3.27. The summed E-state index contributed by atoms with van der Waals surface area (Å²) in [5, 5.41) is 3.66. The van der Waals surface area contributed by atoms with Crippen molar-refractivity contribution in [1.82, 2.24) is 11.0 Å². The summed E-state index contributed by atoms with van der Waals surface area (Å²) < 4.78 is 0.843. The van der Waals surface area contributed by atoms with Crippen LogP contribution in [0.5, 0.6) is 0 Å². The van der Waals surface area contributed by atoms with Gasteiger partial charge in [-0.15, -0.1) is 0 Å². The van der Waals surface area contributed by atoms with Gasteiger partial charge in [0, 0.05) is 11.4 Å². The van der Waals surface area contributed by atoms with Crippen LogP contribution in [-0.2, 0) is 4.79 Å². The highest BCUT2D eigenvalue weighted by Gasteiger charge is 1.83. The molecule has 0 spiro atoms. The third kappa shape index (κ3) is 7.05. The van der Waals surface area contributed by atoms with Crippen LogP contribution in [0.1, 0.15) is 13.8 Å². The van der Waals surface area contributed by atoms with Gasteiger partial charge in [0.05, 0.1) is 6.21 Å². The Balaban J connectivity index is 3.53. The third-order valence-electron chi connectivity index (χ3n) is 0.760. The van der Waals surface area contributed by atoms with Crippen molar-refractivity contribution in [2.24, 2.45) is 5.10 Å². The Bertz CT molecular complexity index is 188. The molecule has 0 heterocycles. The Morgan fingerprint density at radius 2 is 2.27 bits per heavy atom. The number of nitrogens with one attached hydrogen (secondary N) is 2. The lowest BCUT2D eigenvalue weighted by molar-refractivity contribution is -0.119. The van der Waals surface area contributed by atoms with E-state index in [0.29, 0.717) is 0 Å². The maximum Gasteiger partial charge on any atom is 0.236 e. The highest BCUT2D eigenvalue weighted by atomic mass is 79.9. The Labute approximate surface area is 73.8 Å². The van der Waals surface area contributed by atoms with E-state index >= 15 is 0 Å². The maximum atomic E-state index is 10.3. The molecule has 0 radical (unpaired) electrons. The molecule has 11 heavy (non-hydrogen) atoms. The lowest BCUT2D eigenvalue weighted by atomic mass is 10.6. The Morgan fingerprint density at radius 1 is 1.64 bits per heavy atom. The first-order chi connectivity index (χ1) is 5.16. The molecule has 0 fully saturated rings. The lowest BCUT2D eigenvalue weighted by Crippen LogP contribution is -2.31. The van der Waals surface area contributed by atoms with Crippen molar-refractivity contribution in [2.75, 3.05) is 0 Å². The van der Waals surface area contributed by atoms with E-state index in [4.69, 9.17) is 0 Å². The van der Waals surface area contributed by atoms with E-state index in [1.165, 1.54) is 13.1 Å². The van der Waals surface area contributed by atoms with E-state index in [2.05, 4.69) is 32.0 Å². The molecule has 0 unspecified atom stereocenters. The molecule has 0 aliphatic heterocycles. The normalized spacial score (nSPS) is 11.7. The summed E-state index contributed by atoms with van der Waals surface area (Å²) >= 11 is 3.20. The summed E-state index contributed by atoms with van der Waals surface area (Å²) in [6.07, 6.45) is 3.37. The molecule has 0 aromatic rings. The molecular formula is C6H10BrN3O. The number of hydrazine groups is 1. The van der Waals surface area contributed by atoms with Crippen LogP contribution in [0, 0.1) is 0 Å². The number of halogens is 1. The Hall–Kier alpha value is -0.840. The molecule has 0 aromatic heterocycles. The number of hydrazone groups is 1. The van der Waals surface area contributed by atoms with Crippen molar-refractivity contribution in [1.29, 1.82) is 0 Å². The molecule has 5 heteroatoms. The van der Waals surface area contributed by atoms with Gasteiger partial charge in [-0.25, -0.2) is 5.53 Å². The van der Waals surface area contributed by atoms with Crippen molar-refractivity contribution in [3.8, 4) is 0 Å². The van der Waals surface area contributed by atoms with Crippen LogP contribution in [0.4, 0.5) is 0 Å². The van der Waals surface area contributed by atoms with Crippen LogP contribution < -0.4 is 11.0 Å². The van der Waals surface area contributed by atoms with E-state index in [1.807, 2.05) is 13.0 Å². The second kappa shape index (κ2) is 5.91. The molecule has 62 valence electrons. The third-order valence-corrected chi connectivity index (χ3v) is 1.42. The maximum absolute atomic E-state index is 10.3. The Morgan fingerprint density at radius 3 is 2.73 bits per heavy atom. The van der Waals surface area contributed by atoms with Gasteiger partial charge in [-0.1, -0.05) is 6.08 Å². The molecular weight excluding hydrogens is 210 g/mol. The number of hydrogen-bond donors (Lipinski definition) is 2. The fourth-order valence-electron chi connectivity index (χ4n) is 0.279. The van der Waals surface area contributed by atoms with Gasteiger partial charge in [-0.3, -0.25) is 10.2 Å². The van der Waals surface area contributed by atoms with Gasteiger partial charge in [0.25, 0.3) is 0 Å². The zero-order chi connectivity index (χ0) is 8.69. The van der Waals surface area contributed by atoms with E-state index in [0.717, 1.165) is 4.48 Å². The summed E-state index contributed by atoms with van der Waals surface area (Å²) in [5.74, 6) is -0.182. The minimum absolute atomic E-state index is 0.182. The number of hydrogen-bond acceptors (Lipinski definition) is 3. The second-order valence-corrected chi connectivity index (χ2v) is 2.64. The highest BCUT2D eigenvalue weighted by Crippen LogP contribution is 1.97. The fraction of sp³-hybridized carbons (Fsp3) is 0.333. The summed E-state index contributed by atoms with van der Waals surface area (Å²) in [5.41, 5.74) is 4.64. The van der Waals surface area contributed by atoms with Crippen LogP contribution in [0.25, 0.3) is 0 Å². The molecule has 0 saturated heterocycles. The van der Waals surface area contributed by atoms with Gasteiger partial charge in [0.2, 0.25) is 5.91 Å². The molecule has 4 nitrogen and oxygen atoms in total. The predicted octanol–water partition coefficient (Wildman–Crippen LogP) is 0.912. The SMILES string of the molecule is C/C=C(Br)\C=N/NNC(C)=O. The van der Waals surface area contributed by atoms with Crippen molar-refractivity contribution in [3.05, 3.63) is 10.6 Å². The number of rotatable bonds is 3. The molecule has 0 aliphatic carbocycles. The molecule has 0 atom stereocenters. The molecule has 0 saturated carbocycles. The van der Waals surface area contributed by atoms with Gasteiger partial charge < -0.3 is 0 Å². The average molecular weight is 220 g/mol. The number of carbonyl (C=O) groups is 1. The zero-order valence-electron chi connectivity index (χ0n) is 6.39. The first-order valence-corrected chi connectivity index (χ1v) is 3.82. The van der Waals surface area contributed by atoms with Gasteiger partial charge in [0.15, 0.2) is 0 Å². The first kappa shape index (κ1) is 10.2. The monoisotopic (exact) mass is 219 g/mol. The summed E-state index contributed by atoms with van der Waals surface area (Å²) in [4.78, 5) is 10.3. The first-order valence-electron chi connectivity index (χ1n) is 3.03. The van der Waals surface area contributed by atoms with Gasteiger partial charge in [-0.2, -0.15) is 5.10 Å². The topological polar surface area (TPSA) is 53.5 Å². The van der Waals surface area contributed by atoms with Gasteiger partial charge in [0.1, 0.15) is 0 Å². The van der Waals surface area contributed by atoms with E-state index < -0.39 is 0 Å². The average Bonchev–Trinajstić information content (AvgIpc) is 1.97. The van der Waals surface area contributed by atoms with Crippen LogP contribution >= 0.6 is 15.9 Å². The number of nitrogens with zero attached hydrogens (tertiary/aromatic N) is 1. The molecule has 0 rings (SSSR count). The number of allylic oxidation sites excluding steroid dienone is 2. The fourth-order valence-corrected chi connectivity index (χ4v) is 0.382. The van der Waals surface area contributed by atoms with E-state index in [1.54, 1.807) is 0 Å². The quantitative estimate of drug-likeness (QED) is 0.548. The van der Waals surface area contributed by atoms with E-state index in [-0.39, 0.29) is 5.91 Å². The van der Waals surface area contributed by atoms with E-state index in [9.17, 15) is 4.79 Å². The smallest absolute Gasteiger partial charge is 0.236 e. The molecule has 2 N–H and O–H groups in total. The highest BCUT2D eigenvalue weighted by molar-refractivity contribution is 9.12. The van der Waals surface area contributed by atoms with Gasteiger partial charge in [-0.05, 0) is 22.9 Å². The largest absolute Gasteiger partial charge is 0.274 e. The number of carbonyl (C=O) groups excluding carboxylic acids is 1. The second-order valence-electron chi connectivity index (χ2n) is 1.72. The van der Waals surface area contributed by atoms with Crippen molar-refractivity contribution in [3.63, 3.8) is 0 Å².